The molecular formula is C24H25F4NO3S. The standard InChI is InChI=1S/C24H25F4NO3S/c25-20-4-2-1-3-19(20)22-11-5-15-13-18(10-12-21(15)32-22)31-17-8-6-16(7-9-17)29-23(30)14-33-24(26,27)28/h1-4,10,12-13,16-17,22H,5-9,11,14H2,(H,29,30)/t16-,17-,22?. The molecule has 1 saturated carbocycles. The largest absolute Gasteiger partial charge is 0.490 e. The van der Waals surface area contributed by atoms with Crippen LogP contribution in [0.3, 0.4) is 0 Å². The Kier molecular flexibility index (Phi) is 7.36. The number of benzene rings is 2. The Hall–Kier alpha value is -2.42. The fourth-order valence-electron chi connectivity index (χ4n) is 4.33. The molecule has 1 amide bonds. The van der Waals surface area contributed by atoms with Crippen molar-refractivity contribution in [2.45, 2.75) is 62.3 Å². The molecule has 2 aromatic rings. The molecule has 1 aliphatic heterocycles. The fraction of sp³-hybridized carbons (Fsp3) is 0.458. The first-order chi connectivity index (χ1) is 15.8. The van der Waals surface area contributed by atoms with Gasteiger partial charge in [-0.1, -0.05) is 18.2 Å². The monoisotopic (exact) mass is 483 g/mol. The highest BCUT2D eigenvalue weighted by atomic mass is 32.2. The van der Waals surface area contributed by atoms with E-state index < -0.39 is 17.2 Å². The molecule has 9 heteroatoms. The predicted octanol–water partition coefficient (Wildman–Crippen LogP) is 5.95. The molecule has 178 valence electrons. The molecule has 1 N–H and O–H groups in total. The minimum absolute atomic E-state index is 0.0172. The zero-order chi connectivity index (χ0) is 23.4. The van der Waals surface area contributed by atoms with Crippen molar-refractivity contribution in [2.24, 2.45) is 0 Å². The fourth-order valence-corrected chi connectivity index (χ4v) is 4.71. The summed E-state index contributed by atoms with van der Waals surface area (Å²) < 4.78 is 62.9. The maximum Gasteiger partial charge on any atom is 0.442 e. The van der Waals surface area contributed by atoms with Gasteiger partial charge in [-0.25, -0.2) is 4.39 Å². The summed E-state index contributed by atoms with van der Waals surface area (Å²) in [6.07, 6.45) is 3.83. The molecule has 0 saturated heterocycles. The van der Waals surface area contributed by atoms with E-state index in [0.29, 0.717) is 37.7 Å². The first kappa shape index (κ1) is 23.7. The number of amides is 1. The van der Waals surface area contributed by atoms with E-state index in [0.717, 1.165) is 23.5 Å². The molecule has 33 heavy (non-hydrogen) atoms. The average molecular weight is 484 g/mol. The Morgan fingerprint density at radius 1 is 1.09 bits per heavy atom. The number of hydrogen-bond acceptors (Lipinski definition) is 4. The SMILES string of the molecule is O=C(CSC(F)(F)F)N[C@H]1CC[C@H](Oc2ccc3c(c2)CCC(c2ccccc2F)O3)CC1. The van der Waals surface area contributed by atoms with Crippen molar-refractivity contribution in [1.82, 2.24) is 5.32 Å². The summed E-state index contributed by atoms with van der Waals surface area (Å²) in [5.74, 6) is -0.0165. The number of aryl methyl sites for hydroxylation is 1. The van der Waals surface area contributed by atoms with Crippen LogP contribution in [-0.2, 0) is 11.2 Å². The summed E-state index contributed by atoms with van der Waals surface area (Å²) >= 11 is -0.322. The first-order valence-electron chi connectivity index (χ1n) is 11.0. The van der Waals surface area contributed by atoms with E-state index in [9.17, 15) is 22.4 Å². The third kappa shape index (κ3) is 6.56. The number of thioether (sulfide) groups is 1. The van der Waals surface area contributed by atoms with E-state index in [1.165, 1.54) is 6.07 Å². The van der Waals surface area contributed by atoms with E-state index in [1.54, 1.807) is 18.2 Å². The normalized spacial score (nSPS) is 22.7. The van der Waals surface area contributed by atoms with E-state index in [2.05, 4.69) is 5.32 Å². The van der Waals surface area contributed by atoms with Gasteiger partial charge in [0.15, 0.2) is 0 Å². The molecule has 4 nitrogen and oxygen atoms in total. The van der Waals surface area contributed by atoms with Gasteiger partial charge in [0.05, 0.1) is 11.9 Å². The lowest BCUT2D eigenvalue weighted by atomic mass is 9.93. The van der Waals surface area contributed by atoms with Gasteiger partial charge >= 0.3 is 5.51 Å². The number of hydrogen-bond donors (Lipinski definition) is 1. The van der Waals surface area contributed by atoms with E-state index in [-0.39, 0.29) is 35.8 Å². The molecule has 2 aromatic carbocycles. The van der Waals surface area contributed by atoms with Crippen molar-refractivity contribution in [3.63, 3.8) is 0 Å². The van der Waals surface area contributed by atoms with Gasteiger partial charge in [-0.3, -0.25) is 4.79 Å². The van der Waals surface area contributed by atoms with Crippen LogP contribution in [0.15, 0.2) is 42.5 Å². The Labute approximate surface area is 194 Å². The summed E-state index contributed by atoms with van der Waals surface area (Å²) in [7, 11) is 0. The van der Waals surface area contributed by atoms with Crippen LogP contribution in [-0.4, -0.2) is 29.3 Å². The summed E-state index contributed by atoms with van der Waals surface area (Å²) in [5.41, 5.74) is -2.82. The third-order valence-electron chi connectivity index (χ3n) is 5.94. The lowest BCUT2D eigenvalue weighted by Gasteiger charge is -2.30. The summed E-state index contributed by atoms with van der Waals surface area (Å²) in [6.45, 7) is 0. The molecule has 4 rings (SSSR count). The second-order valence-corrected chi connectivity index (χ2v) is 9.37. The molecule has 1 heterocycles. The summed E-state index contributed by atoms with van der Waals surface area (Å²) in [4.78, 5) is 11.7. The van der Waals surface area contributed by atoms with Gasteiger partial charge in [0, 0.05) is 11.6 Å². The average Bonchev–Trinajstić information content (AvgIpc) is 2.79. The molecule has 2 aliphatic rings. The van der Waals surface area contributed by atoms with E-state index >= 15 is 0 Å². The number of fused-ring (bicyclic) bond motifs is 1. The number of alkyl halides is 3. The van der Waals surface area contributed by atoms with Crippen LogP contribution in [0.25, 0.3) is 0 Å². The second-order valence-electron chi connectivity index (χ2n) is 8.33. The molecule has 0 aromatic heterocycles. The Bertz CT molecular complexity index is 976. The summed E-state index contributed by atoms with van der Waals surface area (Å²) in [6, 6.07) is 12.2. The van der Waals surface area contributed by atoms with Gasteiger partial charge in [0.2, 0.25) is 5.91 Å². The van der Waals surface area contributed by atoms with Gasteiger partial charge in [0.1, 0.15) is 23.4 Å². The zero-order valence-corrected chi connectivity index (χ0v) is 18.7. The molecule has 1 unspecified atom stereocenters. The van der Waals surface area contributed by atoms with Gasteiger partial charge in [0.25, 0.3) is 0 Å². The lowest BCUT2D eigenvalue weighted by Crippen LogP contribution is -2.40. The minimum Gasteiger partial charge on any atom is -0.490 e. The Morgan fingerprint density at radius 2 is 1.85 bits per heavy atom. The Morgan fingerprint density at radius 3 is 2.58 bits per heavy atom. The van der Waals surface area contributed by atoms with Crippen LogP contribution >= 0.6 is 11.8 Å². The molecule has 0 bridgehead atoms. The maximum absolute atomic E-state index is 14.1. The van der Waals surface area contributed by atoms with Crippen LogP contribution in [0, 0.1) is 5.82 Å². The Balaban J connectivity index is 1.26. The number of ether oxygens (including phenoxy) is 2. The molecule has 0 spiro atoms. The van der Waals surface area contributed by atoms with Crippen molar-refractivity contribution in [1.29, 1.82) is 0 Å². The first-order valence-corrected chi connectivity index (χ1v) is 12.0. The van der Waals surface area contributed by atoms with Crippen LogP contribution in [0.5, 0.6) is 11.5 Å². The van der Waals surface area contributed by atoms with Gasteiger partial charge < -0.3 is 14.8 Å². The number of nitrogens with one attached hydrogen (secondary N) is 1. The van der Waals surface area contributed by atoms with Crippen molar-refractivity contribution in [3.8, 4) is 11.5 Å². The van der Waals surface area contributed by atoms with Crippen molar-refractivity contribution in [2.75, 3.05) is 5.75 Å². The number of halogens is 4. The number of carbonyl (C=O) groups is 1. The van der Waals surface area contributed by atoms with Crippen LogP contribution < -0.4 is 14.8 Å². The molecule has 1 atom stereocenters. The maximum atomic E-state index is 14.1. The molecular weight excluding hydrogens is 458 g/mol. The highest BCUT2D eigenvalue weighted by molar-refractivity contribution is 8.00. The van der Waals surface area contributed by atoms with E-state index in [1.807, 2.05) is 18.2 Å². The van der Waals surface area contributed by atoms with Crippen molar-refractivity contribution >= 4 is 17.7 Å². The third-order valence-corrected chi connectivity index (χ3v) is 6.67. The van der Waals surface area contributed by atoms with Crippen molar-refractivity contribution < 1.29 is 31.8 Å². The quantitative estimate of drug-likeness (QED) is 0.516. The molecule has 1 aliphatic carbocycles. The number of rotatable bonds is 6. The van der Waals surface area contributed by atoms with Crippen LogP contribution in [0.4, 0.5) is 17.6 Å². The summed E-state index contributed by atoms with van der Waals surface area (Å²) in [5, 5.41) is 2.68. The molecule has 1 fully saturated rings. The smallest absolute Gasteiger partial charge is 0.442 e. The van der Waals surface area contributed by atoms with Gasteiger partial charge in [-0.05, 0) is 80.1 Å². The molecule has 0 radical (unpaired) electrons. The second kappa shape index (κ2) is 10.2. The van der Waals surface area contributed by atoms with Crippen LogP contribution in [0.2, 0.25) is 0 Å². The predicted molar refractivity (Wildman–Crippen MR) is 118 cm³/mol. The highest BCUT2D eigenvalue weighted by Crippen LogP contribution is 2.38. The van der Waals surface area contributed by atoms with Gasteiger partial charge in [-0.2, -0.15) is 13.2 Å². The minimum atomic E-state index is -4.40. The lowest BCUT2D eigenvalue weighted by molar-refractivity contribution is -0.119. The zero-order valence-electron chi connectivity index (χ0n) is 17.9. The topological polar surface area (TPSA) is 47.6 Å². The van der Waals surface area contributed by atoms with E-state index in [4.69, 9.17) is 9.47 Å². The van der Waals surface area contributed by atoms with Crippen molar-refractivity contribution in [3.05, 3.63) is 59.4 Å². The highest BCUT2D eigenvalue weighted by Gasteiger charge is 2.30. The number of carbonyl (C=O) groups excluding carboxylic acids is 1. The van der Waals surface area contributed by atoms with Crippen LogP contribution in [0.1, 0.15) is 49.3 Å². The van der Waals surface area contributed by atoms with Gasteiger partial charge in [-0.15, -0.1) is 0 Å².